The van der Waals surface area contributed by atoms with Gasteiger partial charge in [0.1, 0.15) is 0 Å². The molecule has 0 bridgehead atoms. The Balaban J connectivity index is 2.22. The third-order valence-corrected chi connectivity index (χ3v) is 3.16. The smallest absolute Gasteiger partial charge is 0.334 e. The number of ether oxygens (including phenoxy) is 2. The van der Waals surface area contributed by atoms with E-state index >= 15 is 0 Å². The van der Waals surface area contributed by atoms with E-state index in [1.54, 1.807) is 19.1 Å². The van der Waals surface area contributed by atoms with Crippen LogP contribution in [0.1, 0.15) is 31.3 Å². The zero-order chi connectivity index (χ0) is 16.3. The molecule has 1 aliphatic heterocycles. The number of nitrogens with zero attached hydrogens (tertiary/aromatic N) is 2. The van der Waals surface area contributed by atoms with Gasteiger partial charge in [0.15, 0.2) is 17.5 Å². The summed E-state index contributed by atoms with van der Waals surface area (Å²) in [5, 5.41) is 9.10. The number of aromatic nitrogens is 1. The maximum Gasteiger partial charge on any atom is 0.334 e. The molecule has 1 N–H and O–H groups in total. The van der Waals surface area contributed by atoms with Gasteiger partial charge in [-0.05, 0) is 32.9 Å². The zero-order valence-corrected chi connectivity index (χ0v) is 12.9. The van der Waals surface area contributed by atoms with Crippen LogP contribution in [0.4, 0.5) is 0 Å². The molecule has 0 aliphatic carbocycles. The van der Waals surface area contributed by atoms with Crippen LogP contribution >= 0.6 is 0 Å². The lowest BCUT2D eigenvalue weighted by atomic mass is 10.2. The van der Waals surface area contributed by atoms with Crippen LogP contribution in [0.5, 0.6) is 5.75 Å². The normalized spacial score (nSPS) is 21.7. The van der Waals surface area contributed by atoms with Crippen LogP contribution in [0, 0.1) is 0 Å². The largest absolute Gasteiger partial charge is 0.489 e. The van der Waals surface area contributed by atoms with Gasteiger partial charge in [-0.3, -0.25) is 4.79 Å². The predicted octanol–water partition coefficient (Wildman–Crippen LogP) is 1.18. The van der Waals surface area contributed by atoms with Crippen molar-refractivity contribution in [2.24, 2.45) is 0 Å². The van der Waals surface area contributed by atoms with Crippen LogP contribution in [0.2, 0.25) is 0 Å². The highest BCUT2D eigenvalue weighted by Crippen LogP contribution is 2.21. The lowest BCUT2D eigenvalue weighted by molar-refractivity contribution is -0.160. The number of aliphatic carboxylic acids is 1. The fourth-order valence-corrected chi connectivity index (χ4v) is 2.30. The fourth-order valence-electron chi connectivity index (χ4n) is 2.30. The first-order chi connectivity index (χ1) is 10.4. The minimum absolute atomic E-state index is 0.00377. The molecule has 2 atom stereocenters. The molecule has 22 heavy (non-hydrogen) atoms. The Morgan fingerprint density at radius 1 is 1.45 bits per heavy atom. The summed E-state index contributed by atoms with van der Waals surface area (Å²) in [7, 11) is 0. The van der Waals surface area contributed by atoms with E-state index in [9.17, 15) is 9.59 Å². The maximum absolute atomic E-state index is 12.7. The molecule has 7 heteroatoms. The minimum Gasteiger partial charge on any atom is -0.489 e. The SMILES string of the molecule is CC(C)Oc1cccnc1C(=O)N1CC(C(=O)O)O[C@H](C)C1. The average Bonchev–Trinajstić information content (AvgIpc) is 2.45. The molecule has 1 unspecified atom stereocenters. The van der Waals surface area contributed by atoms with Crippen molar-refractivity contribution in [3.8, 4) is 5.75 Å². The first-order valence-electron chi connectivity index (χ1n) is 7.17. The topological polar surface area (TPSA) is 89.0 Å². The molecule has 1 saturated heterocycles. The lowest BCUT2D eigenvalue weighted by Gasteiger charge is -2.34. The van der Waals surface area contributed by atoms with E-state index in [1.165, 1.54) is 11.1 Å². The molecule has 1 fully saturated rings. The summed E-state index contributed by atoms with van der Waals surface area (Å²) in [5.41, 5.74) is 0.189. The number of morpholine rings is 1. The predicted molar refractivity (Wildman–Crippen MR) is 77.9 cm³/mol. The Morgan fingerprint density at radius 3 is 2.82 bits per heavy atom. The molecule has 2 rings (SSSR count). The number of carbonyl (C=O) groups excluding carboxylic acids is 1. The van der Waals surface area contributed by atoms with Crippen molar-refractivity contribution < 1.29 is 24.2 Å². The van der Waals surface area contributed by atoms with E-state index in [-0.39, 0.29) is 30.4 Å². The van der Waals surface area contributed by atoms with Gasteiger partial charge in [0, 0.05) is 12.7 Å². The van der Waals surface area contributed by atoms with Crippen LogP contribution in [-0.4, -0.2) is 58.3 Å². The molecule has 1 aromatic heterocycles. The molecule has 1 aliphatic rings. The minimum atomic E-state index is -1.08. The van der Waals surface area contributed by atoms with E-state index in [0.717, 1.165) is 0 Å². The van der Waals surface area contributed by atoms with Crippen molar-refractivity contribution >= 4 is 11.9 Å². The zero-order valence-electron chi connectivity index (χ0n) is 12.9. The fraction of sp³-hybridized carbons (Fsp3) is 0.533. The summed E-state index contributed by atoms with van der Waals surface area (Å²) in [6, 6.07) is 3.37. The van der Waals surface area contributed by atoms with Crippen molar-refractivity contribution in [1.82, 2.24) is 9.88 Å². The Labute approximate surface area is 128 Å². The molecular weight excluding hydrogens is 288 g/mol. The number of amides is 1. The van der Waals surface area contributed by atoms with Crippen LogP contribution < -0.4 is 4.74 Å². The van der Waals surface area contributed by atoms with Gasteiger partial charge >= 0.3 is 5.97 Å². The highest BCUT2D eigenvalue weighted by atomic mass is 16.5. The summed E-state index contributed by atoms with van der Waals surface area (Å²) in [6.45, 7) is 5.77. The van der Waals surface area contributed by atoms with Crippen molar-refractivity contribution in [2.75, 3.05) is 13.1 Å². The van der Waals surface area contributed by atoms with E-state index in [0.29, 0.717) is 12.3 Å². The number of rotatable bonds is 4. The third-order valence-electron chi connectivity index (χ3n) is 3.16. The molecule has 0 spiro atoms. The van der Waals surface area contributed by atoms with Gasteiger partial charge in [-0.25, -0.2) is 9.78 Å². The Hall–Kier alpha value is -2.15. The second kappa shape index (κ2) is 6.74. The van der Waals surface area contributed by atoms with E-state index in [4.69, 9.17) is 14.6 Å². The second-order valence-corrected chi connectivity index (χ2v) is 5.50. The maximum atomic E-state index is 12.7. The monoisotopic (exact) mass is 308 g/mol. The summed E-state index contributed by atoms with van der Waals surface area (Å²) in [6.07, 6.45) is 0.0490. The van der Waals surface area contributed by atoms with Gasteiger partial charge < -0.3 is 19.5 Å². The Bertz CT molecular complexity index is 561. The van der Waals surface area contributed by atoms with E-state index < -0.39 is 12.1 Å². The molecule has 0 saturated carbocycles. The number of hydrogen-bond acceptors (Lipinski definition) is 5. The number of carboxylic acids is 1. The van der Waals surface area contributed by atoms with Gasteiger partial charge in [-0.15, -0.1) is 0 Å². The van der Waals surface area contributed by atoms with Crippen LogP contribution in [-0.2, 0) is 9.53 Å². The molecule has 1 amide bonds. The van der Waals surface area contributed by atoms with E-state index in [2.05, 4.69) is 4.98 Å². The summed E-state index contributed by atoms with van der Waals surface area (Å²) >= 11 is 0. The number of hydrogen-bond donors (Lipinski definition) is 1. The first-order valence-corrected chi connectivity index (χ1v) is 7.17. The lowest BCUT2D eigenvalue weighted by Crippen LogP contribution is -2.52. The quantitative estimate of drug-likeness (QED) is 0.898. The van der Waals surface area contributed by atoms with Crippen molar-refractivity contribution in [2.45, 2.75) is 39.1 Å². The van der Waals surface area contributed by atoms with Crippen LogP contribution in [0.15, 0.2) is 18.3 Å². The Morgan fingerprint density at radius 2 is 2.18 bits per heavy atom. The van der Waals surface area contributed by atoms with Gasteiger partial charge in [0.05, 0.1) is 18.8 Å². The van der Waals surface area contributed by atoms with Crippen LogP contribution in [0.25, 0.3) is 0 Å². The standard InChI is InChI=1S/C15H20N2O5/c1-9(2)21-11-5-4-6-16-13(11)14(18)17-7-10(3)22-12(8-17)15(19)20/h4-6,9-10,12H,7-8H2,1-3H3,(H,19,20)/t10-,12?/m1/s1. The number of carboxylic acid groups (broad SMARTS) is 1. The third kappa shape index (κ3) is 3.73. The average molecular weight is 308 g/mol. The van der Waals surface area contributed by atoms with Gasteiger partial charge in [0.2, 0.25) is 0 Å². The van der Waals surface area contributed by atoms with Gasteiger partial charge in [0.25, 0.3) is 5.91 Å². The van der Waals surface area contributed by atoms with Gasteiger partial charge in [-0.1, -0.05) is 0 Å². The molecule has 7 nitrogen and oxygen atoms in total. The first kappa shape index (κ1) is 16.2. The molecule has 1 aromatic rings. The van der Waals surface area contributed by atoms with Gasteiger partial charge in [-0.2, -0.15) is 0 Å². The van der Waals surface area contributed by atoms with E-state index in [1.807, 2.05) is 13.8 Å². The summed E-state index contributed by atoms with van der Waals surface area (Å²) in [4.78, 5) is 29.3. The molecule has 0 radical (unpaired) electrons. The van der Waals surface area contributed by atoms with Crippen molar-refractivity contribution in [3.05, 3.63) is 24.0 Å². The number of pyridine rings is 1. The molecular formula is C15H20N2O5. The molecule has 2 heterocycles. The highest BCUT2D eigenvalue weighted by Gasteiger charge is 2.34. The Kier molecular flexibility index (Phi) is 4.97. The second-order valence-electron chi connectivity index (χ2n) is 5.50. The summed E-state index contributed by atoms with van der Waals surface area (Å²) < 4.78 is 10.9. The van der Waals surface area contributed by atoms with Crippen molar-refractivity contribution in [1.29, 1.82) is 0 Å². The highest BCUT2D eigenvalue weighted by molar-refractivity contribution is 5.95. The molecule has 120 valence electrons. The summed E-state index contributed by atoms with van der Waals surface area (Å²) in [5.74, 6) is -1.03. The van der Waals surface area contributed by atoms with Crippen molar-refractivity contribution in [3.63, 3.8) is 0 Å². The number of carbonyl (C=O) groups is 2. The molecule has 0 aromatic carbocycles. The van der Waals surface area contributed by atoms with Crippen LogP contribution in [0.3, 0.4) is 0 Å².